The van der Waals surface area contributed by atoms with Gasteiger partial charge in [-0.1, -0.05) is 46.1 Å². The smallest absolute Gasteiger partial charge is 0.163 e. The van der Waals surface area contributed by atoms with Gasteiger partial charge in [0, 0.05) is 23.5 Å². The van der Waals surface area contributed by atoms with Crippen LogP contribution in [0.4, 0.5) is 0 Å². The van der Waals surface area contributed by atoms with Crippen molar-refractivity contribution in [2.75, 3.05) is 6.61 Å². The lowest BCUT2D eigenvalue weighted by Crippen LogP contribution is -2.30. The van der Waals surface area contributed by atoms with Crippen LogP contribution in [0.2, 0.25) is 0 Å². The number of aryl methyl sites for hydroxylation is 1. The summed E-state index contributed by atoms with van der Waals surface area (Å²) in [6.45, 7) is 10.5. The molecule has 31 heavy (non-hydrogen) atoms. The number of ketones is 3. The van der Waals surface area contributed by atoms with E-state index in [2.05, 4.69) is 13.8 Å². The van der Waals surface area contributed by atoms with Crippen LogP contribution in [0.1, 0.15) is 101 Å². The second-order valence-corrected chi connectivity index (χ2v) is 9.28. The molecular weight excluding hydrogens is 388 g/mol. The molecule has 0 N–H and O–H groups in total. The van der Waals surface area contributed by atoms with Crippen molar-refractivity contribution in [1.82, 2.24) is 0 Å². The summed E-state index contributed by atoms with van der Waals surface area (Å²) < 4.78 is 6.06. The van der Waals surface area contributed by atoms with Gasteiger partial charge in [0.2, 0.25) is 0 Å². The molecule has 4 heteroatoms. The van der Waals surface area contributed by atoms with E-state index in [-0.39, 0.29) is 41.5 Å². The van der Waals surface area contributed by atoms with Gasteiger partial charge in [-0.2, -0.15) is 0 Å². The average Bonchev–Trinajstić information content (AvgIpc) is 2.69. The topological polar surface area (TPSA) is 60.4 Å². The summed E-state index contributed by atoms with van der Waals surface area (Å²) in [7, 11) is 0. The number of carbonyl (C=O) groups is 3. The van der Waals surface area contributed by atoms with Gasteiger partial charge in [0.1, 0.15) is 17.3 Å². The first kappa shape index (κ1) is 25.3. The first-order valence-electron chi connectivity index (χ1n) is 12.1. The molecule has 3 unspecified atom stereocenters. The number of ether oxygens (including phenoxy) is 1. The van der Waals surface area contributed by atoms with Crippen LogP contribution in [-0.4, -0.2) is 24.0 Å². The van der Waals surface area contributed by atoms with Crippen LogP contribution in [0.25, 0.3) is 0 Å². The van der Waals surface area contributed by atoms with Gasteiger partial charge in [0.25, 0.3) is 0 Å². The van der Waals surface area contributed by atoms with E-state index < -0.39 is 0 Å². The highest BCUT2D eigenvalue weighted by molar-refractivity contribution is 6.01. The number of fused-ring (bicyclic) bond motifs is 1. The van der Waals surface area contributed by atoms with Gasteiger partial charge < -0.3 is 4.74 Å². The van der Waals surface area contributed by atoms with Crippen LogP contribution >= 0.6 is 0 Å². The van der Waals surface area contributed by atoms with Crippen molar-refractivity contribution >= 4 is 17.3 Å². The predicted octanol–water partition coefficient (Wildman–Crippen LogP) is 6.30. The molecule has 0 radical (unpaired) electrons. The maximum absolute atomic E-state index is 13.1. The van der Waals surface area contributed by atoms with Gasteiger partial charge in [0.15, 0.2) is 5.78 Å². The fraction of sp³-hybridized carbons (Fsp3) is 0.667. The highest BCUT2D eigenvalue weighted by atomic mass is 16.5. The Morgan fingerprint density at radius 3 is 2.48 bits per heavy atom. The summed E-state index contributed by atoms with van der Waals surface area (Å²) in [4.78, 5) is 37.4. The quantitative estimate of drug-likeness (QED) is 0.273. The Labute approximate surface area is 188 Å². The number of benzene rings is 1. The zero-order valence-electron chi connectivity index (χ0n) is 20.1. The Balaban J connectivity index is 2.24. The maximum Gasteiger partial charge on any atom is 0.163 e. The molecule has 4 nitrogen and oxygen atoms in total. The summed E-state index contributed by atoms with van der Waals surface area (Å²) in [6.07, 6.45) is 6.99. The lowest BCUT2D eigenvalue weighted by Gasteiger charge is -2.32. The molecule has 1 aromatic carbocycles. The van der Waals surface area contributed by atoms with Gasteiger partial charge in [-0.25, -0.2) is 0 Å². The maximum atomic E-state index is 13.1. The van der Waals surface area contributed by atoms with E-state index in [9.17, 15) is 14.4 Å². The first-order valence-corrected chi connectivity index (χ1v) is 12.1. The first-order chi connectivity index (χ1) is 14.8. The number of carbonyl (C=O) groups excluding carboxylic acids is 3. The Bertz CT molecular complexity index is 780. The molecule has 3 atom stereocenters. The van der Waals surface area contributed by atoms with E-state index >= 15 is 0 Å². The summed E-state index contributed by atoms with van der Waals surface area (Å²) in [5.41, 5.74) is 2.92. The average molecular weight is 429 g/mol. The molecule has 0 saturated carbocycles. The van der Waals surface area contributed by atoms with E-state index in [0.717, 1.165) is 67.4 Å². The van der Waals surface area contributed by atoms with Gasteiger partial charge >= 0.3 is 0 Å². The molecule has 0 amide bonds. The zero-order valence-corrected chi connectivity index (χ0v) is 20.1. The second kappa shape index (κ2) is 12.2. The molecule has 0 bridgehead atoms. The SMILES string of the molecule is CCCCOc1ccc(C)c2c1CC(CC(CCC)C(CC)C(=O)CC(C)=O)CC2=O. The van der Waals surface area contributed by atoms with Gasteiger partial charge in [0.05, 0.1) is 13.0 Å². The van der Waals surface area contributed by atoms with Crippen LogP contribution in [0.5, 0.6) is 5.75 Å². The Hall–Kier alpha value is -1.97. The number of rotatable bonds is 13. The standard InChI is InChI=1S/C27H40O4/c1-6-9-13-31-26-12-11-18(4)27-23(26)16-20(17-25(27)30)15-21(10-7-2)22(8-3)24(29)14-19(5)28/h11-12,20-22H,6-10,13-17H2,1-5H3. The van der Waals surface area contributed by atoms with Gasteiger partial charge in [-0.3, -0.25) is 14.4 Å². The molecule has 2 rings (SSSR count). The van der Waals surface area contributed by atoms with Crippen molar-refractivity contribution < 1.29 is 19.1 Å². The summed E-state index contributed by atoms with van der Waals surface area (Å²) >= 11 is 0. The van der Waals surface area contributed by atoms with Gasteiger partial charge in [-0.15, -0.1) is 0 Å². The van der Waals surface area contributed by atoms with Crippen LogP contribution in [0, 0.1) is 24.7 Å². The molecule has 172 valence electrons. The molecule has 0 heterocycles. The van der Waals surface area contributed by atoms with Crippen molar-refractivity contribution in [1.29, 1.82) is 0 Å². The highest BCUT2D eigenvalue weighted by Gasteiger charge is 2.34. The number of hydrogen-bond acceptors (Lipinski definition) is 4. The van der Waals surface area contributed by atoms with Gasteiger partial charge in [-0.05, 0) is 63.0 Å². The summed E-state index contributed by atoms with van der Waals surface area (Å²) in [5.74, 6) is 1.38. The van der Waals surface area contributed by atoms with E-state index in [4.69, 9.17) is 4.74 Å². The lowest BCUT2D eigenvalue weighted by atomic mass is 9.72. The van der Waals surface area contributed by atoms with Crippen LogP contribution in [-0.2, 0) is 16.0 Å². The zero-order chi connectivity index (χ0) is 23.0. The normalized spacial score (nSPS) is 17.7. The number of hydrogen-bond donors (Lipinski definition) is 0. The number of unbranched alkanes of at least 4 members (excludes halogenated alkanes) is 1. The molecule has 1 aliphatic rings. The second-order valence-electron chi connectivity index (χ2n) is 9.28. The minimum Gasteiger partial charge on any atom is -0.493 e. The Morgan fingerprint density at radius 1 is 1.13 bits per heavy atom. The third kappa shape index (κ3) is 6.75. The molecule has 0 fully saturated rings. The molecule has 0 aromatic heterocycles. The molecule has 0 spiro atoms. The van der Waals surface area contributed by atoms with Crippen molar-refractivity contribution in [2.24, 2.45) is 17.8 Å². The molecule has 0 saturated heterocycles. The largest absolute Gasteiger partial charge is 0.493 e. The Morgan fingerprint density at radius 2 is 1.87 bits per heavy atom. The lowest BCUT2D eigenvalue weighted by molar-refractivity contribution is -0.129. The van der Waals surface area contributed by atoms with Crippen molar-refractivity contribution in [3.8, 4) is 5.75 Å². The highest BCUT2D eigenvalue weighted by Crippen LogP contribution is 2.39. The van der Waals surface area contributed by atoms with E-state index in [0.29, 0.717) is 13.0 Å². The monoisotopic (exact) mass is 428 g/mol. The summed E-state index contributed by atoms with van der Waals surface area (Å²) in [6, 6.07) is 4.00. The van der Waals surface area contributed by atoms with Crippen molar-refractivity contribution in [3.05, 3.63) is 28.8 Å². The molecule has 1 aromatic rings. The predicted molar refractivity (Wildman–Crippen MR) is 125 cm³/mol. The fourth-order valence-electron chi connectivity index (χ4n) is 5.17. The summed E-state index contributed by atoms with van der Waals surface area (Å²) in [5, 5.41) is 0. The molecular formula is C27H40O4. The number of Topliss-reactive ketones (excluding diaryl/α,β-unsaturated/α-hetero) is 3. The minimum absolute atomic E-state index is 0.0275. The fourth-order valence-corrected chi connectivity index (χ4v) is 5.17. The molecule has 1 aliphatic carbocycles. The Kier molecular flexibility index (Phi) is 9.93. The molecule has 0 aliphatic heterocycles. The van der Waals surface area contributed by atoms with Crippen LogP contribution in [0.15, 0.2) is 12.1 Å². The van der Waals surface area contributed by atoms with Crippen molar-refractivity contribution in [2.45, 2.75) is 92.4 Å². The van der Waals surface area contributed by atoms with Crippen LogP contribution in [0.3, 0.4) is 0 Å². The third-order valence-electron chi connectivity index (χ3n) is 6.62. The minimum atomic E-state index is -0.0990. The van der Waals surface area contributed by atoms with E-state index in [1.165, 1.54) is 6.92 Å². The third-order valence-corrected chi connectivity index (χ3v) is 6.62. The van der Waals surface area contributed by atoms with E-state index in [1.807, 2.05) is 26.0 Å². The van der Waals surface area contributed by atoms with Crippen molar-refractivity contribution in [3.63, 3.8) is 0 Å². The van der Waals surface area contributed by atoms with Crippen LogP contribution < -0.4 is 4.74 Å². The van der Waals surface area contributed by atoms with E-state index in [1.54, 1.807) is 0 Å².